The summed E-state index contributed by atoms with van der Waals surface area (Å²) in [6.07, 6.45) is 4.45. The van der Waals surface area contributed by atoms with E-state index in [4.69, 9.17) is 27.7 Å². The fraction of sp³-hybridized carbons (Fsp3) is 0.261. The largest absolute Gasteiger partial charge is 0.360 e. The first-order chi connectivity index (χ1) is 15.3. The number of rotatable bonds is 7. The van der Waals surface area contributed by atoms with Crippen LogP contribution in [0, 0.1) is 6.92 Å². The second-order valence-electron chi connectivity index (χ2n) is 7.26. The lowest BCUT2D eigenvalue weighted by Crippen LogP contribution is -2.33. The zero-order valence-corrected chi connectivity index (χ0v) is 20.1. The molecule has 3 aromatic rings. The van der Waals surface area contributed by atoms with E-state index >= 15 is 0 Å². The minimum Gasteiger partial charge on any atom is -0.360 e. The minimum absolute atomic E-state index is 0.0522. The smallest absolute Gasteiger partial charge is 0.338 e. The molecule has 6 nitrogen and oxygen atoms in total. The lowest BCUT2D eigenvalue weighted by molar-refractivity contribution is 0.0901. The summed E-state index contributed by atoms with van der Waals surface area (Å²) in [5.74, 6) is -0.504. The molecule has 0 saturated heterocycles. The van der Waals surface area contributed by atoms with Crippen molar-refractivity contribution in [2.45, 2.75) is 39.5 Å². The molecule has 3 amide bonds. The van der Waals surface area contributed by atoms with Crippen LogP contribution in [0.15, 0.2) is 47.0 Å². The van der Waals surface area contributed by atoms with Crippen LogP contribution in [0.2, 0.25) is 10.0 Å². The van der Waals surface area contributed by atoms with Gasteiger partial charge in [0.05, 0.1) is 10.0 Å². The Morgan fingerprint density at radius 1 is 1.09 bits per heavy atom. The van der Waals surface area contributed by atoms with Gasteiger partial charge in [-0.2, -0.15) is 0 Å². The summed E-state index contributed by atoms with van der Waals surface area (Å²) in [7, 11) is 0. The maximum Gasteiger partial charge on any atom is 0.338 e. The highest BCUT2D eigenvalue weighted by atomic mass is 35.5. The van der Waals surface area contributed by atoms with Gasteiger partial charge in [-0.3, -0.25) is 4.79 Å². The van der Waals surface area contributed by atoms with Gasteiger partial charge in [0.15, 0.2) is 0 Å². The number of benzene rings is 2. The van der Waals surface area contributed by atoms with Gasteiger partial charge in [-0.25, -0.2) is 9.10 Å². The van der Waals surface area contributed by atoms with Gasteiger partial charge in [-0.15, -0.1) is 0 Å². The van der Waals surface area contributed by atoms with Crippen molar-refractivity contribution in [2.75, 3.05) is 5.32 Å². The lowest BCUT2D eigenvalue weighted by atomic mass is 10.1. The first-order valence-electron chi connectivity index (χ1n) is 10.2. The summed E-state index contributed by atoms with van der Waals surface area (Å²) in [5.41, 5.74) is 2.29. The Labute approximate surface area is 202 Å². The molecule has 0 aliphatic heterocycles. The van der Waals surface area contributed by atoms with Crippen LogP contribution in [0.5, 0.6) is 0 Å². The molecule has 168 valence electrons. The Balaban J connectivity index is 1.76. The Morgan fingerprint density at radius 3 is 2.38 bits per heavy atom. The second kappa shape index (κ2) is 10.9. The molecule has 1 heterocycles. The van der Waals surface area contributed by atoms with Crippen molar-refractivity contribution in [1.29, 1.82) is 0 Å². The predicted molar refractivity (Wildman–Crippen MR) is 131 cm³/mol. The molecule has 0 aliphatic carbocycles. The van der Waals surface area contributed by atoms with Crippen LogP contribution in [0.25, 0.3) is 11.3 Å². The second-order valence-corrected chi connectivity index (χ2v) is 8.47. The van der Waals surface area contributed by atoms with Crippen LogP contribution in [0.4, 0.5) is 10.5 Å². The number of aryl methyl sites for hydroxylation is 2. The highest BCUT2D eigenvalue weighted by molar-refractivity contribution is 7.79. The average Bonchev–Trinajstić information content (AvgIpc) is 3.14. The van der Waals surface area contributed by atoms with Crippen LogP contribution in [0.1, 0.15) is 47.9 Å². The molecule has 0 radical (unpaired) electrons. The molecule has 32 heavy (non-hydrogen) atoms. The molecular weight excluding hydrogens is 469 g/mol. The van der Waals surface area contributed by atoms with Gasteiger partial charge < -0.3 is 9.84 Å². The quantitative estimate of drug-likeness (QED) is 0.270. The Hall–Kier alpha value is -2.48. The molecular formula is C23H23Cl2N3O3S. The number of imide groups is 1. The van der Waals surface area contributed by atoms with Crippen molar-refractivity contribution in [2.24, 2.45) is 0 Å². The number of unbranched alkanes of at least 4 members (excludes halogenated alkanes) is 2. The fourth-order valence-corrected chi connectivity index (χ4v) is 3.95. The Bertz CT molecular complexity index is 1100. The molecule has 0 aliphatic rings. The molecule has 2 aromatic carbocycles. The van der Waals surface area contributed by atoms with E-state index in [1.807, 2.05) is 12.1 Å². The number of halogens is 2. The number of carbonyl (C=O) groups excluding carboxylic acids is 2. The number of aromatic nitrogens is 1. The summed E-state index contributed by atoms with van der Waals surface area (Å²) in [4.78, 5) is 25.7. The summed E-state index contributed by atoms with van der Waals surface area (Å²) in [6, 6.07) is 11.7. The van der Waals surface area contributed by atoms with Gasteiger partial charge in [0.25, 0.3) is 5.91 Å². The maximum absolute atomic E-state index is 13.1. The van der Waals surface area contributed by atoms with Crippen molar-refractivity contribution in [3.8, 4) is 11.3 Å². The molecule has 1 aromatic heterocycles. The van der Waals surface area contributed by atoms with Crippen molar-refractivity contribution < 1.29 is 14.1 Å². The molecule has 0 atom stereocenters. The van der Waals surface area contributed by atoms with Crippen molar-refractivity contribution in [3.05, 3.63) is 69.4 Å². The molecule has 3 rings (SSSR count). The predicted octanol–water partition coefficient (Wildman–Crippen LogP) is 7.21. The van der Waals surface area contributed by atoms with E-state index in [1.165, 1.54) is 12.0 Å². The number of urea groups is 1. The molecule has 0 bridgehead atoms. The number of amides is 3. The topological polar surface area (TPSA) is 75.4 Å². The van der Waals surface area contributed by atoms with E-state index < -0.39 is 11.9 Å². The monoisotopic (exact) mass is 491 g/mol. The van der Waals surface area contributed by atoms with Gasteiger partial charge in [0.2, 0.25) is 0 Å². The van der Waals surface area contributed by atoms with E-state index in [0.29, 0.717) is 25.6 Å². The lowest BCUT2D eigenvalue weighted by Gasteiger charge is -2.15. The zero-order valence-electron chi connectivity index (χ0n) is 17.7. The van der Waals surface area contributed by atoms with Gasteiger partial charge in [0, 0.05) is 11.3 Å². The van der Waals surface area contributed by atoms with Gasteiger partial charge >= 0.3 is 6.03 Å². The van der Waals surface area contributed by atoms with E-state index in [2.05, 4.69) is 30.2 Å². The highest BCUT2D eigenvalue weighted by Gasteiger charge is 2.30. The normalized spacial score (nSPS) is 10.8. The number of nitrogens with one attached hydrogen (secondary N) is 1. The number of nitrogens with zero attached hydrogens (tertiary/aromatic N) is 2. The number of hydrogen-bond donors (Lipinski definition) is 2. The highest BCUT2D eigenvalue weighted by Crippen LogP contribution is 2.37. The number of thiol groups is 1. The molecule has 0 unspecified atom stereocenters. The number of carbonyl (C=O) groups is 2. The molecule has 0 spiro atoms. The minimum atomic E-state index is -0.716. The van der Waals surface area contributed by atoms with Crippen LogP contribution in [0.3, 0.4) is 0 Å². The van der Waals surface area contributed by atoms with Gasteiger partial charge in [0.1, 0.15) is 17.0 Å². The van der Waals surface area contributed by atoms with E-state index in [-0.39, 0.29) is 17.0 Å². The summed E-state index contributed by atoms with van der Waals surface area (Å²) in [5, 5.41) is 7.20. The number of hydrogen-bond acceptors (Lipinski definition) is 5. The third-order valence-electron chi connectivity index (χ3n) is 4.94. The summed E-state index contributed by atoms with van der Waals surface area (Å²) < 4.78 is 5.87. The van der Waals surface area contributed by atoms with Crippen molar-refractivity contribution in [3.63, 3.8) is 0 Å². The third-order valence-corrected chi connectivity index (χ3v) is 5.93. The third kappa shape index (κ3) is 5.46. The Kier molecular flexibility index (Phi) is 8.23. The summed E-state index contributed by atoms with van der Waals surface area (Å²) in [6.45, 7) is 3.72. The standard InChI is InChI=1S/C23H23Cl2N3O3S/c1-3-4-5-7-15-10-12-16(13-11-15)26-23(30)28(32)22(29)19-14(2)31-27-21(19)20-17(24)8-6-9-18(20)25/h6,8-13,32H,3-5,7H2,1-2H3,(H,26,30). The van der Waals surface area contributed by atoms with Crippen LogP contribution < -0.4 is 5.32 Å². The SMILES string of the molecule is CCCCCc1ccc(NC(=O)N(S)C(=O)c2c(-c3c(Cl)cccc3Cl)noc2C)cc1. The van der Waals surface area contributed by atoms with E-state index in [9.17, 15) is 9.59 Å². The first kappa shape index (κ1) is 24.2. The first-order valence-corrected chi connectivity index (χ1v) is 11.3. The van der Waals surface area contributed by atoms with Gasteiger partial charge in [-0.05, 0) is 49.6 Å². The van der Waals surface area contributed by atoms with Crippen molar-refractivity contribution >= 4 is 53.6 Å². The fourth-order valence-electron chi connectivity index (χ4n) is 3.23. The van der Waals surface area contributed by atoms with E-state index in [0.717, 1.165) is 19.3 Å². The molecule has 0 saturated carbocycles. The average molecular weight is 492 g/mol. The van der Waals surface area contributed by atoms with Gasteiger partial charge in [-0.1, -0.05) is 79.1 Å². The Morgan fingerprint density at radius 2 is 1.75 bits per heavy atom. The number of anilines is 1. The summed E-state index contributed by atoms with van der Waals surface area (Å²) >= 11 is 16.6. The molecule has 1 N–H and O–H groups in total. The van der Waals surface area contributed by atoms with Crippen molar-refractivity contribution in [1.82, 2.24) is 9.46 Å². The van der Waals surface area contributed by atoms with Crippen LogP contribution >= 0.6 is 36.0 Å². The molecule has 0 fully saturated rings. The van der Waals surface area contributed by atoms with E-state index in [1.54, 1.807) is 37.3 Å². The van der Waals surface area contributed by atoms with Crippen LogP contribution in [-0.4, -0.2) is 21.4 Å². The molecule has 9 heteroatoms. The van der Waals surface area contributed by atoms with Crippen LogP contribution in [-0.2, 0) is 6.42 Å². The maximum atomic E-state index is 13.1. The zero-order chi connectivity index (χ0) is 23.3.